The van der Waals surface area contributed by atoms with Crippen molar-refractivity contribution < 1.29 is 0 Å². The third-order valence-corrected chi connectivity index (χ3v) is 5.38. The van der Waals surface area contributed by atoms with E-state index < -0.39 is 0 Å². The molecule has 5 heteroatoms. The molecule has 1 N–H and O–H groups in total. The minimum atomic E-state index is 0.347. The van der Waals surface area contributed by atoms with E-state index in [2.05, 4.69) is 27.4 Å². The summed E-state index contributed by atoms with van der Waals surface area (Å²) in [6, 6.07) is 1.11. The van der Waals surface area contributed by atoms with Crippen LogP contribution in [-0.2, 0) is 0 Å². The van der Waals surface area contributed by atoms with Crippen LogP contribution in [0.15, 0.2) is 5.38 Å². The second-order valence-electron chi connectivity index (χ2n) is 5.70. The highest BCUT2D eigenvalue weighted by Crippen LogP contribution is 2.28. The maximum Gasteiger partial charge on any atom is 0.185 e. The molecule has 1 aromatic rings. The van der Waals surface area contributed by atoms with Crippen molar-refractivity contribution in [3.63, 3.8) is 0 Å². The summed E-state index contributed by atoms with van der Waals surface area (Å²) in [5, 5.41) is 6.68. The first-order valence-corrected chi connectivity index (χ1v) is 8.27. The van der Waals surface area contributed by atoms with Gasteiger partial charge in [0, 0.05) is 37.1 Å². The Morgan fingerprint density at radius 2 is 2.21 bits per heavy atom. The average Bonchev–Trinajstić information content (AvgIpc) is 3.03. The van der Waals surface area contributed by atoms with E-state index in [0.717, 1.165) is 12.6 Å². The van der Waals surface area contributed by atoms with Gasteiger partial charge in [0.1, 0.15) is 0 Å². The molecule has 2 aliphatic rings. The SMILES string of the molecule is CNC(C)c1csc(N2CCCN3CCCC3C2)n1. The van der Waals surface area contributed by atoms with Crippen molar-refractivity contribution in [3.05, 3.63) is 11.1 Å². The molecule has 2 atom stereocenters. The Bertz CT molecular complexity index is 419. The van der Waals surface area contributed by atoms with Gasteiger partial charge in [0.05, 0.1) is 5.69 Å². The number of nitrogens with zero attached hydrogens (tertiary/aromatic N) is 3. The van der Waals surface area contributed by atoms with Gasteiger partial charge in [0.15, 0.2) is 5.13 Å². The van der Waals surface area contributed by atoms with Crippen molar-refractivity contribution in [3.8, 4) is 0 Å². The number of thiazole rings is 1. The highest BCUT2D eigenvalue weighted by atomic mass is 32.1. The Hall–Kier alpha value is -0.650. The van der Waals surface area contributed by atoms with Crippen LogP contribution in [0.1, 0.15) is 37.9 Å². The highest BCUT2D eigenvalue weighted by Gasteiger charge is 2.29. The van der Waals surface area contributed by atoms with Gasteiger partial charge in [-0.3, -0.25) is 4.90 Å². The molecule has 0 aliphatic carbocycles. The zero-order valence-electron chi connectivity index (χ0n) is 11.9. The Morgan fingerprint density at radius 3 is 3.05 bits per heavy atom. The smallest absolute Gasteiger partial charge is 0.185 e. The molecule has 2 unspecified atom stereocenters. The highest BCUT2D eigenvalue weighted by molar-refractivity contribution is 7.13. The molecule has 2 fully saturated rings. The van der Waals surface area contributed by atoms with Crippen molar-refractivity contribution in [2.45, 2.75) is 38.3 Å². The van der Waals surface area contributed by atoms with Crippen LogP contribution in [0.2, 0.25) is 0 Å². The van der Waals surface area contributed by atoms with Gasteiger partial charge in [-0.25, -0.2) is 4.98 Å². The molecule has 3 rings (SSSR count). The Labute approximate surface area is 119 Å². The summed E-state index contributed by atoms with van der Waals surface area (Å²) in [7, 11) is 1.99. The lowest BCUT2D eigenvalue weighted by Gasteiger charge is -2.25. The zero-order chi connectivity index (χ0) is 13.2. The second kappa shape index (κ2) is 5.77. The van der Waals surface area contributed by atoms with E-state index in [4.69, 9.17) is 4.98 Å². The summed E-state index contributed by atoms with van der Waals surface area (Å²) in [5.74, 6) is 0. The molecular formula is C14H24N4S. The molecule has 106 valence electrons. The van der Waals surface area contributed by atoms with E-state index in [1.807, 2.05) is 7.05 Å². The van der Waals surface area contributed by atoms with E-state index in [1.165, 1.54) is 49.7 Å². The molecule has 3 heterocycles. The number of hydrogen-bond acceptors (Lipinski definition) is 5. The van der Waals surface area contributed by atoms with Gasteiger partial charge in [0.2, 0.25) is 0 Å². The number of nitrogens with one attached hydrogen (secondary N) is 1. The van der Waals surface area contributed by atoms with Gasteiger partial charge in [-0.1, -0.05) is 0 Å². The summed E-state index contributed by atoms with van der Waals surface area (Å²) < 4.78 is 0. The van der Waals surface area contributed by atoms with Crippen LogP contribution in [0, 0.1) is 0 Å². The van der Waals surface area contributed by atoms with Crippen molar-refractivity contribution >= 4 is 16.5 Å². The van der Waals surface area contributed by atoms with E-state index in [1.54, 1.807) is 11.3 Å². The number of fused-ring (bicyclic) bond motifs is 1. The fourth-order valence-corrected chi connectivity index (χ4v) is 4.10. The Morgan fingerprint density at radius 1 is 1.37 bits per heavy atom. The molecule has 2 saturated heterocycles. The van der Waals surface area contributed by atoms with Crippen molar-refractivity contribution in [2.75, 3.05) is 38.1 Å². The molecule has 0 amide bonds. The first-order chi connectivity index (χ1) is 9.28. The van der Waals surface area contributed by atoms with Crippen molar-refractivity contribution in [1.82, 2.24) is 15.2 Å². The molecule has 2 aliphatic heterocycles. The van der Waals surface area contributed by atoms with Crippen LogP contribution in [0.25, 0.3) is 0 Å². The van der Waals surface area contributed by atoms with Gasteiger partial charge in [-0.2, -0.15) is 0 Å². The molecule has 4 nitrogen and oxygen atoms in total. The van der Waals surface area contributed by atoms with Crippen LogP contribution < -0.4 is 10.2 Å². The van der Waals surface area contributed by atoms with Gasteiger partial charge in [-0.05, 0) is 39.8 Å². The molecule has 0 spiro atoms. The predicted molar refractivity (Wildman–Crippen MR) is 81.0 cm³/mol. The first-order valence-electron chi connectivity index (χ1n) is 7.39. The monoisotopic (exact) mass is 280 g/mol. The summed E-state index contributed by atoms with van der Waals surface area (Å²) in [6.07, 6.45) is 4.01. The zero-order valence-corrected chi connectivity index (χ0v) is 12.7. The Kier molecular flexibility index (Phi) is 4.05. The van der Waals surface area contributed by atoms with E-state index in [9.17, 15) is 0 Å². The maximum absolute atomic E-state index is 4.82. The predicted octanol–water partition coefficient (Wildman–Crippen LogP) is 2.10. The van der Waals surface area contributed by atoms with Gasteiger partial charge >= 0.3 is 0 Å². The topological polar surface area (TPSA) is 31.4 Å². The molecule has 1 aromatic heterocycles. The molecule has 19 heavy (non-hydrogen) atoms. The standard InChI is InChI=1S/C14H24N4S/c1-11(15-2)13-10-19-14(16-13)18-8-4-7-17-6-3-5-12(17)9-18/h10-12,15H,3-9H2,1-2H3. The van der Waals surface area contributed by atoms with Gasteiger partial charge < -0.3 is 10.2 Å². The van der Waals surface area contributed by atoms with Crippen LogP contribution >= 0.6 is 11.3 Å². The number of rotatable bonds is 3. The summed E-state index contributed by atoms with van der Waals surface area (Å²) in [5.41, 5.74) is 1.18. The minimum Gasteiger partial charge on any atom is -0.346 e. The summed E-state index contributed by atoms with van der Waals surface area (Å²) >= 11 is 1.80. The van der Waals surface area contributed by atoms with E-state index >= 15 is 0 Å². The number of aromatic nitrogens is 1. The molecule has 0 radical (unpaired) electrons. The summed E-state index contributed by atoms with van der Waals surface area (Å²) in [6.45, 7) is 7.07. The minimum absolute atomic E-state index is 0.347. The molecule has 0 aromatic carbocycles. The molecule has 0 saturated carbocycles. The first kappa shape index (κ1) is 13.3. The fourth-order valence-electron chi connectivity index (χ4n) is 3.15. The fraction of sp³-hybridized carbons (Fsp3) is 0.786. The van der Waals surface area contributed by atoms with E-state index in [0.29, 0.717) is 6.04 Å². The third-order valence-electron chi connectivity index (χ3n) is 4.46. The quantitative estimate of drug-likeness (QED) is 0.919. The Balaban J connectivity index is 1.72. The lowest BCUT2D eigenvalue weighted by molar-refractivity contribution is 0.273. The number of anilines is 1. The maximum atomic E-state index is 4.82. The van der Waals surface area contributed by atoms with Crippen LogP contribution in [0.3, 0.4) is 0 Å². The van der Waals surface area contributed by atoms with Gasteiger partial charge in [-0.15, -0.1) is 11.3 Å². The van der Waals surface area contributed by atoms with E-state index in [-0.39, 0.29) is 0 Å². The largest absolute Gasteiger partial charge is 0.346 e. The molecular weight excluding hydrogens is 256 g/mol. The second-order valence-corrected chi connectivity index (χ2v) is 6.53. The normalized spacial score (nSPS) is 26.2. The molecule has 0 bridgehead atoms. The average molecular weight is 280 g/mol. The third kappa shape index (κ3) is 2.78. The lowest BCUT2D eigenvalue weighted by Crippen LogP contribution is -2.36. The van der Waals surface area contributed by atoms with Crippen molar-refractivity contribution in [1.29, 1.82) is 0 Å². The van der Waals surface area contributed by atoms with Crippen LogP contribution in [0.4, 0.5) is 5.13 Å². The lowest BCUT2D eigenvalue weighted by atomic mass is 10.2. The van der Waals surface area contributed by atoms with Crippen LogP contribution in [0.5, 0.6) is 0 Å². The number of hydrogen-bond donors (Lipinski definition) is 1. The van der Waals surface area contributed by atoms with Gasteiger partial charge in [0.25, 0.3) is 0 Å². The van der Waals surface area contributed by atoms with Crippen LogP contribution in [-0.4, -0.2) is 49.2 Å². The summed E-state index contributed by atoms with van der Waals surface area (Å²) in [4.78, 5) is 10.0. The van der Waals surface area contributed by atoms with Crippen molar-refractivity contribution in [2.24, 2.45) is 0 Å².